The topological polar surface area (TPSA) is 93.2 Å². The number of pyridine rings is 1. The lowest BCUT2D eigenvalue weighted by atomic mass is 9.88. The van der Waals surface area contributed by atoms with Crippen molar-refractivity contribution in [2.24, 2.45) is 0 Å². The van der Waals surface area contributed by atoms with Gasteiger partial charge in [0.15, 0.2) is 6.10 Å². The SMILES string of the molecule is COC1CN(C2Nc3cc(C)c([C@H](OC(C)(C)C)C(=O)O)c(-c4ccc5c6c(ccnc46)CCO5)c3S2)C1. The molecule has 3 aliphatic heterocycles. The maximum atomic E-state index is 12.7. The fourth-order valence-corrected chi connectivity index (χ4v) is 6.90. The van der Waals surface area contributed by atoms with E-state index in [4.69, 9.17) is 19.2 Å². The van der Waals surface area contributed by atoms with Crippen molar-refractivity contribution in [3.05, 3.63) is 47.2 Å². The number of nitrogens with zero attached hydrogens (tertiary/aromatic N) is 2. The van der Waals surface area contributed by atoms with E-state index in [9.17, 15) is 9.90 Å². The molecule has 0 bridgehead atoms. The lowest BCUT2D eigenvalue weighted by Crippen LogP contribution is -2.56. The molecule has 0 aliphatic carbocycles. The van der Waals surface area contributed by atoms with Crippen molar-refractivity contribution in [2.75, 3.05) is 32.1 Å². The maximum absolute atomic E-state index is 12.7. The molecule has 4 heterocycles. The molecule has 0 amide bonds. The Labute approximate surface area is 226 Å². The molecule has 0 radical (unpaired) electrons. The van der Waals surface area contributed by atoms with Crippen LogP contribution in [0.1, 0.15) is 43.6 Å². The van der Waals surface area contributed by atoms with E-state index < -0.39 is 17.7 Å². The molecular formula is C29H33N3O5S. The minimum Gasteiger partial charge on any atom is -0.493 e. The van der Waals surface area contributed by atoms with Crippen molar-refractivity contribution in [3.63, 3.8) is 0 Å². The highest BCUT2D eigenvalue weighted by Crippen LogP contribution is 2.52. The van der Waals surface area contributed by atoms with Gasteiger partial charge in [-0.15, -0.1) is 0 Å². The summed E-state index contributed by atoms with van der Waals surface area (Å²) < 4.78 is 17.7. The lowest BCUT2D eigenvalue weighted by Gasteiger charge is -2.41. The maximum Gasteiger partial charge on any atom is 0.337 e. The van der Waals surface area contributed by atoms with Crippen LogP contribution in [-0.2, 0) is 20.7 Å². The zero-order valence-corrected chi connectivity index (χ0v) is 23.1. The number of methoxy groups -OCH3 is 1. The first-order valence-electron chi connectivity index (χ1n) is 13.0. The first-order valence-corrected chi connectivity index (χ1v) is 13.8. The predicted octanol–water partition coefficient (Wildman–Crippen LogP) is 5.22. The number of likely N-dealkylation sites (tertiary alicyclic amines) is 1. The van der Waals surface area contributed by atoms with Crippen LogP contribution in [0.25, 0.3) is 22.0 Å². The molecule has 2 atom stereocenters. The number of thioether (sulfide) groups is 1. The standard InChI is InChI=1S/C29H33N3O5S/c1-15-12-19-26(38-28(31-19)32-13-17(14-32)35-5)23(21(15)25(27(33)34)37-29(2,3)4)18-6-7-20-22-16(9-11-36-20)8-10-30-24(18)22/h6-8,10,12,17,25,28,31H,9,11,13-14H2,1-5H3,(H,33,34)/t25-,28?/m0/s1. The average Bonchev–Trinajstić information content (AvgIpc) is 3.24. The lowest BCUT2D eigenvalue weighted by molar-refractivity contribution is -0.160. The van der Waals surface area contributed by atoms with Crippen LogP contribution in [0.3, 0.4) is 0 Å². The summed E-state index contributed by atoms with van der Waals surface area (Å²) in [6, 6.07) is 8.11. The molecule has 2 N–H and O–H groups in total. The molecule has 2 aromatic carbocycles. The number of aryl methyl sites for hydroxylation is 1. The fraction of sp³-hybridized carbons (Fsp3) is 0.448. The van der Waals surface area contributed by atoms with Gasteiger partial charge in [-0.3, -0.25) is 9.88 Å². The normalized spacial score (nSPS) is 20.0. The van der Waals surface area contributed by atoms with E-state index >= 15 is 0 Å². The Balaban J connectivity index is 1.57. The molecule has 8 nitrogen and oxygen atoms in total. The smallest absolute Gasteiger partial charge is 0.337 e. The largest absolute Gasteiger partial charge is 0.493 e. The van der Waals surface area contributed by atoms with Gasteiger partial charge >= 0.3 is 5.97 Å². The molecule has 1 fully saturated rings. The summed E-state index contributed by atoms with van der Waals surface area (Å²) >= 11 is 1.71. The number of aromatic nitrogens is 1. The van der Waals surface area contributed by atoms with Crippen molar-refractivity contribution in [1.29, 1.82) is 0 Å². The Morgan fingerprint density at radius 2 is 2.08 bits per heavy atom. The molecule has 0 spiro atoms. The highest BCUT2D eigenvalue weighted by molar-refractivity contribution is 8.00. The monoisotopic (exact) mass is 535 g/mol. The molecule has 1 saturated heterocycles. The Hall–Kier alpha value is -2.85. The van der Waals surface area contributed by atoms with Crippen LogP contribution in [0.15, 0.2) is 35.4 Å². The Bertz CT molecular complexity index is 1420. The van der Waals surface area contributed by atoms with Crippen LogP contribution in [0.4, 0.5) is 5.69 Å². The summed E-state index contributed by atoms with van der Waals surface area (Å²) in [6.45, 7) is 9.95. The summed E-state index contributed by atoms with van der Waals surface area (Å²) in [7, 11) is 1.75. The quantitative estimate of drug-likeness (QED) is 0.441. The van der Waals surface area contributed by atoms with Crippen LogP contribution < -0.4 is 10.1 Å². The number of hydrogen-bond donors (Lipinski definition) is 2. The van der Waals surface area contributed by atoms with Crippen LogP contribution in [-0.4, -0.2) is 65.0 Å². The Morgan fingerprint density at radius 3 is 2.79 bits per heavy atom. The molecular weight excluding hydrogens is 502 g/mol. The zero-order valence-electron chi connectivity index (χ0n) is 22.3. The molecule has 1 unspecified atom stereocenters. The van der Waals surface area contributed by atoms with Gasteiger partial charge < -0.3 is 24.6 Å². The second-order valence-corrected chi connectivity index (χ2v) is 12.2. The van der Waals surface area contributed by atoms with E-state index in [-0.39, 0.29) is 11.6 Å². The number of carboxylic acid groups (broad SMARTS) is 1. The third-order valence-electron chi connectivity index (χ3n) is 7.37. The first kappa shape index (κ1) is 25.4. The van der Waals surface area contributed by atoms with Gasteiger partial charge in [-0.25, -0.2) is 4.79 Å². The van der Waals surface area contributed by atoms with Gasteiger partial charge in [-0.2, -0.15) is 0 Å². The van der Waals surface area contributed by atoms with E-state index in [1.54, 1.807) is 18.9 Å². The summed E-state index contributed by atoms with van der Waals surface area (Å²) in [6.07, 6.45) is 1.75. The third-order valence-corrected chi connectivity index (χ3v) is 8.67. The molecule has 38 heavy (non-hydrogen) atoms. The van der Waals surface area contributed by atoms with Gasteiger partial charge in [0.1, 0.15) is 11.2 Å². The first-order chi connectivity index (χ1) is 18.1. The average molecular weight is 536 g/mol. The molecule has 0 saturated carbocycles. The second kappa shape index (κ2) is 9.41. The van der Waals surface area contributed by atoms with E-state index in [0.29, 0.717) is 12.2 Å². The number of nitrogens with one attached hydrogen (secondary N) is 1. The van der Waals surface area contributed by atoms with Gasteiger partial charge in [0, 0.05) is 59.8 Å². The van der Waals surface area contributed by atoms with Gasteiger partial charge in [-0.1, -0.05) is 11.8 Å². The summed E-state index contributed by atoms with van der Waals surface area (Å²) in [4.78, 5) is 20.9. The molecule has 3 aromatic rings. The van der Waals surface area contributed by atoms with Crippen molar-refractivity contribution in [2.45, 2.75) is 62.3 Å². The number of hydrogen-bond acceptors (Lipinski definition) is 8. The highest BCUT2D eigenvalue weighted by atomic mass is 32.2. The minimum atomic E-state index is -1.14. The minimum absolute atomic E-state index is 0.0351. The highest BCUT2D eigenvalue weighted by Gasteiger charge is 2.40. The number of carbonyl (C=O) groups is 1. The van der Waals surface area contributed by atoms with Crippen molar-refractivity contribution in [1.82, 2.24) is 9.88 Å². The number of carboxylic acids is 1. The van der Waals surface area contributed by atoms with Crippen molar-refractivity contribution in [3.8, 4) is 16.9 Å². The number of benzene rings is 2. The van der Waals surface area contributed by atoms with Crippen LogP contribution in [0.5, 0.6) is 5.75 Å². The van der Waals surface area contributed by atoms with E-state index in [1.807, 2.05) is 52.1 Å². The van der Waals surface area contributed by atoms with Gasteiger partial charge in [0.25, 0.3) is 0 Å². The molecule has 200 valence electrons. The fourth-order valence-electron chi connectivity index (χ4n) is 5.59. The zero-order chi connectivity index (χ0) is 26.8. The molecule has 9 heteroatoms. The van der Waals surface area contributed by atoms with Crippen LogP contribution in [0.2, 0.25) is 0 Å². The molecule has 1 aromatic heterocycles. The van der Waals surface area contributed by atoms with Crippen LogP contribution >= 0.6 is 11.8 Å². The molecule has 6 rings (SSSR count). The van der Waals surface area contributed by atoms with Gasteiger partial charge in [-0.05, 0) is 63.1 Å². The van der Waals surface area contributed by atoms with Crippen LogP contribution in [0, 0.1) is 6.92 Å². The summed E-state index contributed by atoms with van der Waals surface area (Å²) in [5.74, 6) is -0.194. The Morgan fingerprint density at radius 1 is 1.29 bits per heavy atom. The molecule has 3 aliphatic rings. The number of rotatable bonds is 6. The van der Waals surface area contributed by atoms with E-state index in [1.165, 1.54) is 5.56 Å². The number of ether oxygens (including phenoxy) is 3. The number of anilines is 1. The second-order valence-electron chi connectivity index (χ2n) is 11.1. The third kappa shape index (κ3) is 4.31. The van der Waals surface area contributed by atoms with E-state index in [0.717, 1.165) is 63.4 Å². The Kier molecular flexibility index (Phi) is 6.30. The van der Waals surface area contributed by atoms with Crippen molar-refractivity contribution < 1.29 is 24.1 Å². The van der Waals surface area contributed by atoms with Gasteiger partial charge in [0.05, 0.1) is 29.5 Å². The summed E-state index contributed by atoms with van der Waals surface area (Å²) in [5, 5.41) is 15.1. The van der Waals surface area contributed by atoms with E-state index in [2.05, 4.69) is 16.3 Å². The summed E-state index contributed by atoms with van der Waals surface area (Å²) in [5.41, 5.74) is 5.67. The van der Waals surface area contributed by atoms with Crippen molar-refractivity contribution >= 4 is 34.3 Å². The number of fused-ring (bicyclic) bond motifs is 1. The van der Waals surface area contributed by atoms with Gasteiger partial charge in [0.2, 0.25) is 0 Å². The predicted molar refractivity (Wildman–Crippen MR) is 148 cm³/mol. The number of aliphatic carboxylic acids is 1.